The van der Waals surface area contributed by atoms with Crippen molar-refractivity contribution in [2.24, 2.45) is 0 Å². The van der Waals surface area contributed by atoms with E-state index in [1.165, 1.54) is 4.90 Å². The van der Waals surface area contributed by atoms with E-state index < -0.39 is 0 Å². The fraction of sp³-hybridized carbons (Fsp3) is 0.227. The highest BCUT2D eigenvalue weighted by atomic mass is 16.2. The minimum Gasteiger partial charge on any atom is -0.332 e. The number of anilines is 1. The highest BCUT2D eigenvalue weighted by Gasteiger charge is 2.18. The maximum absolute atomic E-state index is 12.8. The molecule has 5 nitrogen and oxygen atoms in total. The van der Waals surface area contributed by atoms with Crippen LogP contribution in [0.1, 0.15) is 27.0 Å². The monoisotopic (exact) mass is 361 g/mol. The lowest BCUT2D eigenvalue weighted by Crippen LogP contribution is -2.35. The van der Waals surface area contributed by atoms with Gasteiger partial charge in [-0.3, -0.25) is 14.6 Å². The van der Waals surface area contributed by atoms with E-state index in [0.717, 1.165) is 27.8 Å². The zero-order valence-electron chi connectivity index (χ0n) is 16.0. The van der Waals surface area contributed by atoms with Crippen LogP contribution in [-0.4, -0.2) is 35.3 Å². The number of fused-ring (bicyclic) bond motifs is 1. The molecule has 2 amide bonds. The van der Waals surface area contributed by atoms with Gasteiger partial charge >= 0.3 is 0 Å². The van der Waals surface area contributed by atoms with Gasteiger partial charge in [-0.15, -0.1) is 0 Å². The lowest BCUT2D eigenvalue weighted by molar-refractivity contribution is -0.116. The molecule has 0 bridgehead atoms. The number of carbonyl (C=O) groups is 2. The average molecular weight is 361 g/mol. The number of pyridine rings is 1. The summed E-state index contributed by atoms with van der Waals surface area (Å²) < 4.78 is 0. The van der Waals surface area contributed by atoms with Crippen LogP contribution >= 0.6 is 0 Å². The van der Waals surface area contributed by atoms with Crippen LogP contribution < -0.4 is 5.32 Å². The first-order valence-electron chi connectivity index (χ1n) is 8.83. The predicted octanol–water partition coefficient (Wildman–Crippen LogP) is 3.87. The van der Waals surface area contributed by atoms with Crippen LogP contribution in [0, 0.1) is 20.8 Å². The van der Waals surface area contributed by atoms with Gasteiger partial charge in [-0.2, -0.15) is 0 Å². The molecule has 0 aliphatic heterocycles. The molecule has 1 aromatic heterocycles. The Hall–Kier alpha value is -3.21. The summed E-state index contributed by atoms with van der Waals surface area (Å²) in [4.78, 5) is 31.1. The molecule has 0 aliphatic carbocycles. The molecule has 138 valence electrons. The first-order valence-corrected chi connectivity index (χ1v) is 8.83. The fourth-order valence-corrected chi connectivity index (χ4v) is 3.33. The summed E-state index contributed by atoms with van der Waals surface area (Å²) in [5.74, 6) is -0.458. The molecule has 5 heteroatoms. The smallest absolute Gasteiger partial charge is 0.256 e. The number of rotatable bonds is 4. The third-order valence-electron chi connectivity index (χ3n) is 4.53. The van der Waals surface area contributed by atoms with Crippen molar-refractivity contribution in [3.05, 3.63) is 70.9 Å². The minimum absolute atomic E-state index is 0.0329. The number of aromatic nitrogens is 1. The number of nitrogens with one attached hydrogen (secondary N) is 1. The second-order valence-corrected chi connectivity index (χ2v) is 6.86. The van der Waals surface area contributed by atoms with Crippen LogP contribution in [0.15, 0.2) is 48.7 Å². The van der Waals surface area contributed by atoms with E-state index in [4.69, 9.17) is 0 Å². The van der Waals surface area contributed by atoms with Crippen molar-refractivity contribution in [2.45, 2.75) is 20.8 Å². The zero-order chi connectivity index (χ0) is 19.6. The van der Waals surface area contributed by atoms with E-state index in [1.807, 2.05) is 57.2 Å². The van der Waals surface area contributed by atoms with Crippen LogP contribution in [0.25, 0.3) is 10.9 Å². The van der Waals surface area contributed by atoms with Gasteiger partial charge in [0.05, 0.1) is 17.6 Å². The molecule has 0 fully saturated rings. The second kappa shape index (κ2) is 7.58. The van der Waals surface area contributed by atoms with Crippen molar-refractivity contribution in [2.75, 3.05) is 18.9 Å². The van der Waals surface area contributed by atoms with Gasteiger partial charge in [0.2, 0.25) is 5.91 Å². The van der Waals surface area contributed by atoms with Gasteiger partial charge in [0, 0.05) is 24.3 Å². The van der Waals surface area contributed by atoms with Crippen LogP contribution in [0.2, 0.25) is 0 Å². The Kier molecular flexibility index (Phi) is 5.21. The molecule has 3 aromatic rings. The molecule has 3 rings (SSSR count). The summed E-state index contributed by atoms with van der Waals surface area (Å²) in [5.41, 5.74) is 5.10. The van der Waals surface area contributed by atoms with E-state index in [9.17, 15) is 9.59 Å². The van der Waals surface area contributed by atoms with Gasteiger partial charge in [-0.1, -0.05) is 35.9 Å². The van der Waals surface area contributed by atoms with E-state index in [-0.39, 0.29) is 18.4 Å². The van der Waals surface area contributed by atoms with Gasteiger partial charge in [-0.25, -0.2) is 0 Å². The normalized spacial score (nSPS) is 10.7. The SMILES string of the molecule is Cc1cc(C)c(NC(=O)CN(C)C(=O)c2cccc3cccnc23)c(C)c1. The summed E-state index contributed by atoms with van der Waals surface area (Å²) in [6.45, 7) is 5.92. The molecule has 0 unspecified atom stereocenters. The summed E-state index contributed by atoms with van der Waals surface area (Å²) in [7, 11) is 1.62. The Morgan fingerprint density at radius 3 is 2.41 bits per heavy atom. The van der Waals surface area contributed by atoms with Crippen LogP contribution in [0.3, 0.4) is 0 Å². The fourth-order valence-electron chi connectivity index (χ4n) is 3.33. The lowest BCUT2D eigenvalue weighted by Gasteiger charge is -2.19. The molecule has 27 heavy (non-hydrogen) atoms. The van der Waals surface area contributed by atoms with Crippen molar-refractivity contribution in [3.63, 3.8) is 0 Å². The summed E-state index contributed by atoms with van der Waals surface area (Å²) in [6.07, 6.45) is 1.66. The standard InChI is InChI=1S/C22H23N3O2/c1-14-11-15(2)20(16(3)12-14)24-19(26)13-25(4)22(27)18-9-5-7-17-8-6-10-23-21(17)18/h5-12H,13H2,1-4H3,(H,24,26). The van der Waals surface area contributed by atoms with E-state index in [1.54, 1.807) is 19.3 Å². The molecule has 0 aliphatic rings. The summed E-state index contributed by atoms with van der Waals surface area (Å²) in [5, 5.41) is 3.83. The van der Waals surface area contributed by atoms with Crippen LogP contribution in [0.5, 0.6) is 0 Å². The van der Waals surface area contributed by atoms with Crippen molar-refractivity contribution >= 4 is 28.4 Å². The second-order valence-electron chi connectivity index (χ2n) is 6.86. The third kappa shape index (κ3) is 3.97. The molecule has 0 saturated heterocycles. The van der Waals surface area contributed by atoms with Crippen LogP contribution in [0.4, 0.5) is 5.69 Å². The molecule has 0 radical (unpaired) electrons. The Bertz CT molecular complexity index is 999. The number of amides is 2. The largest absolute Gasteiger partial charge is 0.332 e. The van der Waals surface area contributed by atoms with Gasteiger partial charge in [0.1, 0.15) is 0 Å². The summed E-state index contributed by atoms with van der Waals surface area (Å²) >= 11 is 0. The molecule has 0 atom stereocenters. The Balaban J connectivity index is 1.76. The molecule has 1 heterocycles. The van der Waals surface area contributed by atoms with Crippen molar-refractivity contribution < 1.29 is 9.59 Å². The molecule has 0 spiro atoms. The number of aryl methyl sites for hydroxylation is 3. The maximum atomic E-state index is 12.8. The number of benzene rings is 2. The van der Waals surface area contributed by atoms with E-state index >= 15 is 0 Å². The number of hydrogen-bond donors (Lipinski definition) is 1. The first-order chi connectivity index (χ1) is 12.9. The molecular weight excluding hydrogens is 338 g/mol. The minimum atomic E-state index is -0.230. The molecular formula is C22H23N3O2. The Labute approximate surface area is 159 Å². The van der Waals surface area contributed by atoms with E-state index in [2.05, 4.69) is 10.3 Å². The third-order valence-corrected chi connectivity index (χ3v) is 4.53. The predicted molar refractivity (Wildman–Crippen MR) is 108 cm³/mol. The molecule has 2 aromatic carbocycles. The highest BCUT2D eigenvalue weighted by Crippen LogP contribution is 2.22. The Morgan fingerprint density at radius 1 is 1.04 bits per heavy atom. The highest BCUT2D eigenvalue weighted by molar-refractivity contribution is 6.07. The van der Waals surface area contributed by atoms with Crippen LogP contribution in [-0.2, 0) is 4.79 Å². The first kappa shape index (κ1) is 18.6. The van der Waals surface area contributed by atoms with Crippen molar-refractivity contribution in [3.8, 4) is 0 Å². The molecule has 0 saturated carbocycles. The molecule has 1 N–H and O–H groups in total. The maximum Gasteiger partial charge on any atom is 0.256 e. The van der Waals surface area contributed by atoms with Crippen molar-refractivity contribution in [1.29, 1.82) is 0 Å². The number of likely N-dealkylation sites (N-methyl/N-ethyl adjacent to an activating group) is 1. The van der Waals surface area contributed by atoms with E-state index in [0.29, 0.717) is 11.1 Å². The van der Waals surface area contributed by atoms with Gasteiger partial charge in [0.25, 0.3) is 5.91 Å². The quantitative estimate of drug-likeness (QED) is 0.767. The van der Waals surface area contributed by atoms with Gasteiger partial charge < -0.3 is 10.2 Å². The zero-order valence-corrected chi connectivity index (χ0v) is 16.0. The summed E-state index contributed by atoms with van der Waals surface area (Å²) in [6, 6.07) is 13.3. The number of nitrogens with zero attached hydrogens (tertiary/aromatic N) is 2. The Morgan fingerprint density at radius 2 is 1.70 bits per heavy atom. The lowest BCUT2D eigenvalue weighted by atomic mass is 10.1. The number of para-hydroxylation sites is 1. The number of hydrogen-bond acceptors (Lipinski definition) is 3. The number of carbonyl (C=O) groups excluding carboxylic acids is 2. The average Bonchev–Trinajstić information content (AvgIpc) is 2.63. The van der Waals surface area contributed by atoms with Gasteiger partial charge in [0.15, 0.2) is 0 Å². The van der Waals surface area contributed by atoms with Crippen molar-refractivity contribution in [1.82, 2.24) is 9.88 Å². The topological polar surface area (TPSA) is 62.3 Å². The van der Waals surface area contributed by atoms with Gasteiger partial charge in [-0.05, 0) is 44.0 Å².